The van der Waals surface area contributed by atoms with Gasteiger partial charge >= 0.3 is 0 Å². The Balaban J connectivity index is 2.13. The minimum absolute atomic E-state index is 0.00670. The molecular formula is C21H30N3O3S+. The SMILES string of the molecule is CC[NH+](CC(=O)NC(C)C)CC(=O)N(Cc1cccs1)c1ccc(OC)cc1. The summed E-state index contributed by atoms with van der Waals surface area (Å²) in [5, 5.41) is 4.90. The van der Waals surface area contributed by atoms with E-state index in [1.54, 1.807) is 23.3 Å². The number of methoxy groups -OCH3 is 1. The molecule has 0 aliphatic carbocycles. The third kappa shape index (κ3) is 6.65. The van der Waals surface area contributed by atoms with Gasteiger partial charge in [-0.05, 0) is 56.5 Å². The van der Waals surface area contributed by atoms with Crippen molar-refractivity contribution in [3.63, 3.8) is 0 Å². The molecule has 1 unspecified atom stereocenters. The number of nitrogens with one attached hydrogen (secondary N) is 2. The Morgan fingerprint density at radius 2 is 1.89 bits per heavy atom. The van der Waals surface area contributed by atoms with Gasteiger partial charge in [0.1, 0.15) is 5.75 Å². The van der Waals surface area contributed by atoms with Crippen LogP contribution in [0.2, 0.25) is 0 Å². The van der Waals surface area contributed by atoms with E-state index in [1.807, 2.05) is 62.5 Å². The first-order chi connectivity index (χ1) is 13.4. The van der Waals surface area contributed by atoms with Gasteiger partial charge in [0.15, 0.2) is 13.1 Å². The summed E-state index contributed by atoms with van der Waals surface area (Å²) in [4.78, 5) is 29.1. The number of carbonyl (C=O) groups excluding carboxylic acids is 2. The molecule has 7 heteroatoms. The Morgan fingerprint density at radius 3 is 2.43 bits per heavy atom. The average Bonchev–Trinajstić information content (AvgIpc) is 3.18. The normalized spacial score (nSPS) is 11.9. The second-order valence-corrected chi connectivity index (χ2v) is 7.97. The van der Waals surface area contributed by atoms with Crippen molar-refractivity contribution in [2.75, 3.05) is 31.6 Å². The van der Waals surface area contributed by atoms with E-state index >= 15 is 0 Å². The minimum Gasteiger partial charge on any atom is -0.497 e. The summed E-state index contributed by atoms with van der Waals surface area (Å²) in [6.45, 7) is 7.62. The molecule has 1 atom stereocenters. The molecule has 28 heavy (non-hydrogen) atoms. The van der Waals surface area contributed by atoms with Crippen molar-refractivity contribution in [2.24, 2.45) is 0 Å². The number of carbonyl (C=O) groups is 2. The monoisotopic (exact) mass is 404 g/mol. The van der Waals surface area contributed by atoms with Gasteiger partial charge in [-0.15, -0.1) is 11.3 Å². The molecule has 1 heterocycles. The minimum atomic E-state index is -0.0334. The first-order valence-electron chi connectivity index (χ1n) is 9.52. The summed E-state index contributed by atoms with van der Waals surface area (Å²) >= 11 is 1.62. The highest BCUT2D eigenvalue weighted by Crippen LogP contribution is 2.22. The number of amides is 2. The molecule has 0 fully saturated rings. The largest absolute Gasteiger partial charge is 0.497 e. The van der Waals surface area contributed by atoms with E-state index in [0.717, 1.165) is 21.2 Å². The van der Waals surface area contributed by atoms with E-state index in [9.17, 15) is 9.59 Å². The third-order valence-electron chi connectivity index (χ3n) is 4.34. The highest BCUT2D eigenvalue weighted by atomic mass is 32.1. The van der Waals surface area contributed by atoms with E-state index in [0.29, 0.717) is 13.1 Å². The van der Waals surface area contributed by atoms with Crippen LogP contribution in [0.3, 0.4) is 0 Å². The number of likely N-dealkylation sites (N-methyl/N-ethyl adjacent to an activating group) is 1. The van der Waals surface area contributed by atoms with Gasteiger partial charge < -0.3 is 19.9 Å². The fourth-order valence-corrected chi connectivity index (χ4v) is 3.56. The molecule has 1 aromatic heterocycles. The van der Waals surface area contributed by atoms with Crippen LogP contribution >= 0.6 is 11.3 Å². The standard InChI is InChI=1S/C21H29N3O3S/c1-5-23(14-20(25)22-16(2)3)15-21(26)24(13-19-7-6-12-28-19)17-8-10-18(27-4)11-9-17/h6-12,16H,5,13-15H2,1-4H3,(H,22,25)/p+1. The van der Waals surface area contributed by atoms with Gasteiger partial charge in [-0.3, -0.25) is 9.59 Å². The van der Waals surface area contributed by atoms with Crippen LogP contribution in [0.5, 0.6) is 5.75 Å². The molecule has 2 N–H and O–H groups in total. The van der Waals surface area contributed by atoms with Gasteiger partial charge in [0.2, 0.25) is 0 Å². The summed E-state index contributed by atoms with van der Waals surface area (Å²) in [5.41, 5.74) is 0.821. The lowest BCUT2D eigenvalue weighted by atomic mass is 10.2. The number of quaternary nitrogens is 1. The van der Waals surface area contributed by atoms with Crippen LogP contribution in [0, 0.1) is 0 Å². The summed E-state index contributed by atoms with van der Waals surface area (Å²) in [5.74, 6) is 0.708. The zero-order valence-corrected chi connectivity index (χ0v) is 17.8. The number of hydrogen-bond donors (Lipinski definition) is 2. The van der Waals surface area contributed by atoms with E-state index < -0.39 is 0 Å². The molecule has 152 valence electrons. The van der Waals surface area contributed by atoms with Gasteiger partial charge in [0.05, 0.1) is 20.2 Å². The van der Waals surface area contributed by atoms with Gasteiger partial charge in [-0.25, -0.2) is 0 Å². The van der Waals surface area contributed by atoms with Gasteiger partial charge in [0, 0.05) is 16.6 Å². The maximum atomic E-state index is 13.1. The average molecular weight is 405 g/mol. The van der Waals surface area contributed by atoms with Crippen LogP contribution in [0.1, 0.15) is 25.6 Å². The lowest BCUT2D eigenvalue weighted by Crippen LogP contribution is -3.14. The zero-order valence-electron chi connectivity index (χ0n) is 17.0. The predicted octanol–water partition coefficient (Wildman–Crippen LogP) is 1.72. The molecule has 0 radical (unpaired) electrons. The Labute approximate surface area is 171 Å². The Kier molecular flexibility index (Phi) is 8.47. The Hall–Kier alpha value is -2.38. The maximum absolute atomic E-state index is 13.1. The molecule has 0 saturated carbocycles. The Morgan fingerprint density at radius 1 is 1.18 bits per heavy atom. The predicted molar refractivity (Wildman–Crippen MR) is 113 cm³/mol. The maximum Gasteiger partial charge on any atom is 0.282 e. The zero-order chi connectivity index (χ0) is 20.5. The molecule has 0 bridgehead atoms. The molecule has 0 spiro atoms. The summed E-state index contributed by atoms with van der Waals surface area (Å²) in [6.07, 6.45) is 0. The number of hydrogen-bond acceptors (Lipinski definition) is 4. The molecule has 0 saturated heterocycles. The van der Waals surface area contributed by atoms with E-state index in [1.165, 1.54) is 0 Å². The van der Waals surface area contributed by atoms with Gasteiger partial charge in [0.25, 0.3) is 11.8 Å². The van der Waals surface area contributed by atoms with E-state index in [2.05, 4.69) is 5.32 Å². The topological polar surface area (TPSA) is 63.1 Å². The van der Waals surface area contributed by atoms with Crippen LogP contribution in [-0.2, 0) is 16.1 Å². The van der Waals surface area contributed by atoms with Crippen LogP contribution in [0.25, 0.3) is 0 Å². The highest BCUT2D eigenvalue weighted by Gasteiger charge is 2.23. The highest BCUT2D eigenvalue weighted by molar-refractivity contribution is 7.09. The number of nitrogens with zero attached hydrogens (tertiary/aromatic N) is 1. The molecule has 1 aromatic carbocycles. The van der Waals surface area contributed by atoms with Crippen LogP contribution in [0.15, 0.2) is 41.8 Å². The summed E-state index contributed by atoms with van der Waals surface area (Å²) < 4.78 is 5.22. The second-order valence-electron chi connectivity index (χ2n) is 6.94. The van der Waals surface area contributed by atoms with E-state index in [-0.39, 0.29) is 30.9 Å². The summed E-state index contributed by atoms with van der Waals surface area (Å²) in [7, 11) is 1.62. The van der Waals surface area contributed by atoms with Crippen molar-refractivity contribution in [2.45, 2.75) is 33.4 Å². The Bertz CT molecular complexity index is 745. The first-order valence-corrected chi connectivity index (χ1v) is 10.4. The van der Waals surface area contributed by atoms with Crippen molar-refractivity contribution in [3.05, 3.63) is 46.7 Å². The van der Waals surface area contributed by atoms with Crippen molar-refractivity contribution >= 4 is 28.8 Å². The van der Waals surface area contributed by atoms with Crippen LogP contribution in [-0.4, -0.2) is 44.6 Å². The molecule has 2 aromatic rings. The summed E-state index contributed by atoms with van der Waals surface area (Å²) in [6, 6.07) is 11.6. The number of benzene rings is 1. The first kappa shape index (κ1) is 21.9. The fourth-order valence-electron chi connectivity index (χ4n) is 2.87. The molecule has 2 amide bonds. The van der Waals surface area contributed by atoms with Gasteiger partial charge in [-0.2, -0.15) is 0 Å². The second kappa shape index (κ2) is 10.8. The lowest BCUT2D eigenvalue weighted by Gasteiger charge is -2.25. The van der Waals surface area contributed by atoms with Crippen molar-refractivity contribution in [3.8, 4) is 5.75 Å². The third-order valence-corrected chi connectivity index (χ3v) is 5.20. The van der Waals surface area contributed by atoms with Gasteiger partial charge in [-0.1, -0.05) is 6.07 Å². The number of rotatable bonds is 10. The van der Waals surface area contributed by atoms with Crippen LogP contribution in [0.4, 0.5) is 5.69 Å². The quantitative estimate of drug-likeness (QED) is 0.634. The van der Waals surface area contributed by atoms with E-state index in [4.69, 9.17) is 4.74 Å². The number of anilines is 1. The molecular weight excluding hydrogens is 374 g/mol. The smallest absolute Gasteiger partial charge is 0.282 e. The van der Waals surface area contributed by atoms with Crippen molar-refractivity contribution < 1.29 is 19.2 Å². The molecule has 2 rings (SSSR count). The number of thiophene rings is 1. The van der Waals surface area contributed by atoms with Crippen molar-refractivity contribution in [1.29, 1.82) is 0 Å². The molecule has 6 nitrogen and oxygen atoms in total. The van der Waals surface area contributed by atoms with Crippen molar-refractivity contribution in [1.82, 2.24) is 5.32 Å². The molecule has 0 aliphatic heterocycles. The lowest BCUT2D eigenvalue weighted by molar-refractivity contribution is -0.881. The fraction of sp³-hybridized carbons (Fsp3) is 0.429. The van der Waals surface area contributed by atoms with Crippen LogP contribution < -0.4 is 19.9 Å². The number of ether oxygens (including phenoxy) is 1. The molecule has 0 aliphatic rings.